The van der Waals surface area contributed by atoms with Crippen LogP contribution in [0.15, 0.2) is 71.6 Å². The van der Waals surface area contributed by atoms with E-state index in [1.807, 2.05) is 42.5 Å². The first-order chi connectivity index (χ1) is 14.5. The lowest BCUT2D eigenvalue weighted by Crippen LogP contribution is -2.32. The maximum atomic E-state index is 12.5. The van der Waals surface area contributed by atoms with Crippen LogP contribution in [0.25, 0.3) is 10.8 Å². The number of carbonyl (C=O) groups excluding carboxylic acids is 1. The zero-order valence-corrected chi connectivity index (χ0v) is 17.3. The van der Waals surface area contributed by atoms with Gasteiger partial charge in [-0.3, -0.25) is 4.79 Å². The van der Waals surface area contributed by atoms with E-state index in [-0.39, 0.29) is 23.5 Å². The Bertz CT molecular complexity index is 1130. The van der Waals surface area contributed by atoms with Gasteiger partial charge in [-0.2, -0.15) is 0 Å². The molecule has 2 N–H and O–H groups in total. The van der Waals surface area contributed by atoms with Crippen molar-refractivity contribution in [3.63, 3.8) is 0 Å². The van der Waals surface area contributed by atoms with Gasteiger partial charge in [0, 0.05) is 17.1 Å². The number of hydrogen-bond donors (Lipinski definition) is 2. The summed E-state index contributed by atoms with van der Waals surface area (Å²) in [5.74, 6) is 0.147. The number of ether oxygens (including phenoxy) is 1. The summed E-state index contributed by atoms with van der Waals surface area (Å²) in [5, 5.41) is 4.86. The standard InChI is InChI=1S/C23H24N2O4S/c26-23(24-22-11-5-7-17-6-1-4-10-21(17)22)16-29-19-12-14-20(15-13-19)30(27,28)25-18-8-2-3-9-18/h1,4-7,10-15,18,25H,2-3,8-9,16H2,(H,24,26). The molecule has 0 unspecified atom stereocenters. The minimum atomic E-state index is -3.54. The lowest BCUT2D eigenvalue weighted by Gasteiger charge is -2.13. The summed E-state index contributed by atoms with van der Waals surface area (Å²) in [6.07, 6.45) is 3.88. The molecule has 6 nitrogen and oxygen atoms in total. The number of carbonyl (C=O) groups is 1. The fourth-order valence-electron chi connectivity index (χ4n) is 3.72. The maximum Gasteiger partial charge on any atom is 0.262 e. The van der Waals surface area contributed by atoms with E-state index in [2.05, 4.69) is 10.0 Å². The Hall–Kier alpha value is -2.90. The Kier molecular flexibility index (Phi) is 6.01. The highest BCUT2D eigenvalue weighted by Gasteiger charge is 2.22. The number of anilines is 1. The number of rotatable bonds is 7. The van der Waals surface area contributed by atoms with Crippen LogP contribution in [0.3, 0.4) is 0 Å². The number of sulfonamides is 1. The second-order valence-electron chi connectivity index (χ2n) is 7.44. The topological polar surface area (TPSA) is 84.5 Å². The molecule has 1 fully saturated rings. The first-order valence-corrected chi connectivity index (χ1v) is 11.5. The van der Waals surface area contributed by atoms with Crippen LogP contribution in [0.1, 0.15) is 25.7 Å². The van der Waals surface area contributed by atoms with Crippen LogP contribution in [0.4, 0.5) is 5.69 Å². The Balaban J connectivity index is 1.35. The van der Waals surface area contributed by atoms with Crippen molar-refractivity contribution in [3.8, 4) is 5.75 Å². The number of amides is 1. The molecule has 0 atom stereocenters. The molecule has 0 bridgehead atoms. The van der Waals surface area contributed by atoms with Crippen LogP contribution >= 0.6 is 0 Å². The third-order valence-electron chi connectivity index (χ3n) is 5.24. The Labute approximate surface area is 176 Å². The van der Waals surface area contributed by atoms with E-state index in [1.54, 1.807) is 12.1 Å². The van der Waals surface area contributed by atoms with Gasteiger partial charge in [0.05, 0.1) is 4.90 Å². The van der Waals surface area contributed by atoms with Gasteiger partial charge in [-0.1, -0.05) is 49.2 Å². The quantitative estimate of drug-likeness (QED) is 0.599. The van der Waals surface area contributed by atoms with Gasteiger partial charge < -0.3 is 10.1 Å². The maximum absolute atomic E-state index is 12.5. The summed E-state index contributed by atoms with van der Waals surface area (Å²) < 4.78 is 33.2. The molecule has 30 heavy (non-hydrogen) atoms. The number of nitrogens with one attached hydrogen (secondary N) is 2. The zero-order valence-electron chi connectivity index (χ0n) is 16.5. The van der Waals surface area contributed by atoms with Crippen molar-refractivity contribution in [2.75, 3.05) is 11.9 Å². The monoisotopic (exact) mass is 424 g/mol. The molecule has 1 aliphatic rings. The van der Waals surface area contributed by atoms with Gasteiger partial charge in [0.25, 0.3) is 5.91 Å². The van der Waals surface area contributed by atoms with Crippen LogP contribution in [0.2, 0.25) is 0 Å². The molecule has 1 aliphatic carbocycles. The third-order valence-corrected chi connectivity index (χ3v) is 6.78. The second kappa shape index (κ2) is 8.85. The highest BCUT2D eigenvalue weighted by molar-refractivity contribution is 7.89. The highest BCUT2D eigenvalue weighted by atomic mass is 32.2. The van der Waals surface area contributed by atoms with Gasteiger partial charge in [-0.25, -0.2) is 13.1 Å². The predicted octanol–water partition coefficient (Wildman–Crippen LogP) is 4.08. The number of hydrogen-bond acceptors (Lipinski definition) is 4. The first-order valence-electron chi connectivity index (χ1n) is 10.0. The molecule has 0 heterocycles. The van der Waals surface area contributed by atoms with Gasteiger partial charge in [0.15, 0.2) is 6.61 Å². The molecular weight excluding hydrogens is 400 g/mol. The van der Waals surface area contributed by atoms with Gasteiger partial charge in [0.1, 0.15) is 5.75 Å². The van der Waals surface area contributed by atoms with Crippen molar-refractivity contribution < 1.29 is 17.9 Å². The van der Waals surface area contributed by atoms with E-state index < -0.39 is 10.0 Å². The molecule has 0 aromatic heterocycles. The SMILES string of the molecule is O=C(COc1ccc(S(=O)(=O)NC2CCCC2)cc1)Nc1cccc2ccccc12. The molecule has 156 valence electrons. The van der Waals surface area contributed by atoms with Crippen LogP contribution < -0.4 is 14.8 Å². The van der Waals surface area contributed by atoms with E-state index in [1.165, 1.54) is 12.1 Å². The van der Waals surface area contributed by atoms with E-state index in [0.29, 0.717) is 5.75 Å². The summed E-state index contributed by atoms with van der Waals surface area (Å²) in [5.41, 5.74) is 0.723. The normalized spacial score (nSPS) is 14.7. The molecule has 3 aromatic carbocycles. The summed E-state index contributed by atoms with van der Waals surface area (Å²) in [4.78, 5) is 12.5. The molecule has 0 aliphatic heterocycles. The lowest BCUT2D eigenvalue weighted by atomic mass is 10.1. The summed E-state index contributed by atoms with van der Waals surface area (Å²) in [6, 6.07) is 19.7. The molecule has 7 heteroatoms. The van der Waals surface area contributed by atoms with Crippen molar-refractivity contribution in [2.45, 2.75) is 36.6 Å². The van der Waals surface area contributed by atoms with E-state index in [4.69, 9.17) is 4.74 Å². The molecule has 0 spiro atoms. The lowest BCUT2D eigenvalue weighted by molar-refractivity contribution is -0.118. The summed E-state index contributed by atoms with van der Waals surface area (Å²) in [6.45, 7) is -0.171. The van der Waals surface area contributed by atoms with Crippen LogP contribution in [0, 0.1) is 0 Å². The van der Waals surface area contributed by atoms with Crippen molar-refractivity contribution in [3.05, 3.63) is 66.7 Å². The minimum absolute atomic E-state index is 0.0173. The van der Waals surface area contributed by atoms with Crippen molar-refractivity contribution >= 4 is 32.4 Å². The largest absolute Gasteiger partial charge is 0.484 e. The van der Waals surface area contributed by atoms with Crippen LogP contribution in [-0.2, 0) is 14.8 Å². The third kappa shape index (κ3) is 4.80. The van der Waals surface area contributed by atoms with Crippen LogP contribution in [-0.4, -0.2) is 27.0 Å². The van der Waals surface area contributed by atoms with Gasteiger partial charge in [-0.05, 0) is 48.6 Å². The van der Waals surface area contributed by atoms with Crippen molar-refractivity contribution in [2.24, 2.45) is 0 Å². The fraction of sp³-hybridized carbons (Fsp3) is 0.261. The van der Waals surface area contributed by atoms with Gasteiger partial charge in [-0.15, -0.1) is 0 Å². The smallest absolute Gasteiger partial charge is 0.262 e. The molecule has 0 saturated heterocycles. The molecule has 3 aromatic rings. The molecular formula is C23H24N2O4S. The highest BCUT2D eigenvalue weighted by Crippen LogP contribution is 2.24. The van der Waals surface area contributed by atoms with Crippen molar-refractivity contribution in [1.29, 1.82) is 0 Å². The summed E-state index contributed by atoms with van der Waals surface area (Å²) in [7, 11) is -3.54. The minimum Gasteiger partial charge on any atom is -0.484 e. The first kappa shape index (κ1) is 20.4. The van der Waals surface area contributed by atoms with Gasteiger partial charge >= 0.3 is 0 Å². The molecule has 0 radical (unpaired) electrons. The Morgan fingerprint density at radius 3 is 2.40 bits per heavy atom. The van der Waals surface area contributed by atoms with E-state index in [9.17, 15) is 13.2 Å². The number of benzene rings is 3. The summed E-state index contributed by atoms with van der Waals surface area (Å²) >= 11 is 0. The Morgan fingerprint density at radius 2 is 1.63 bits per heavy atom. The van der Waals surface area contributed by atoms with Gasteiger partial charge in [0.2, 0.25) is 10.0 Å². The average Bonchev–Trinajstić information content (AvgIpc) is 3.25. The second-order valence-corrected chi connectivity index (χ2v) is 9.15. The Morgan fingerprint density at radius 1 is 0.933 bits per heavy atom. The predicted molar refractivity (Wildman–Crippen MR) is 117 cm³/mol. The zero-order chi connectivity index (χ0) is 21.0. The number of fused-ring (bicyclic) bond motifs is 1. The molecule has 1 amide bonds. The van der Waals surface area contributed by atoms with E-state index in [0.717, 1.165) is 42.1 Å². The molecule has 1 saturated carbocycles. The van der Waals surface area contributed by atoms with Crippen molar-refractivity contribution in [1.82, 2.24) is 4.72 Å². The van der Waals surface area contributed by atoms with E-state index >= 15 is 0 Å². The van der Waals surface area contributed by atoms with Crippen LogP contribution in [0.5, 0.6) is 5.75 Å². The average molecular weight is 425 g/mol. The molecule has 4 rings (SSSR count). The fourth-order valence-corrected chi connectivity index (χ4v) is 5.02.